The Morgan fingerprint density at radius 3 is 2.62 bits per heavy atom. The molecule has 3 aromatic rings. The van der Waals surface area contributed by atoms with Gasteiger partial charge in [0.15, 0.2) is 0 Å². The van der Waals surface area contributed by atoms with Crippen LogP contribution in [0.5, 0.6) is 5.75 Å². The summed E-state index contributed by atoms with van der Waals surface area (Å²) in [4.78, 5) is 14.1. The number of ether oxygens (including phenoxy) is 1. The van der Waals surface area contributed by atoms with Crippen LogP contribution in [0.4, 0.5) is 5.69 Å². The number of benzene rings is 2. The van der Waals surface area contributed by atoms with Crippen molar-refractivity contribution in [2.45, 2.75) is 5.75 Å². The van der Waals surface area contributed by atoms with Gasteiger partial charge in [0, 0.05) is 30.1 Å². The van der Waals surface area contributed by atoms with Gasteiger partial charge in [-0.3, -0.25) is 4.79 Å². The van der Waals surface area contributed by atoms with Gasteiger partial charge in [0.25, 0.3) is 0 Å². The monoisotopic (exact) mass is 455 g/mol. The zero-order valence-electron chi connectivity index (χ0n) is 18.4. The summed E-state index contributed by atoms with van der Waals surface area (Å²) in [7, 11) is 3.99. The van der Waals surface area contributed by atoms with Crippen LogP contribution in [0.25, 0.3) is 11.5 Å². The first kappa shape index (κ1) is 23.8. The van der Waals surface area contributed by atoms with Crippen LogP contribution in [0, 0.1) is 0 Å². The lowest BCUT2D eigenvalue weighted by Gasteiger charge is -2.10. The molecule has 0 saturated carbocycles. The van der Waals surface area contributed by atoms with Crippen LogP contribution in [0.1, 0.15) is 5.89 Å². The van der Waals surface area contributed by atoms with E-state index < -0.39 is 0 Å². The first-order valence-corrected chi connectivity index (χ1v) is 11.6. The van der Waals surface area contributed by atoms with Gasteiger partial charge in [-0.15, -0.1) is 22.0 Å². The minimum atomic E-state index is -0.0788. The molecular weight excluding hydrogens is 426 g/mol. The molecule has 0 radical (unpaired) electrons. The van der Waals surface area contributed by atoms with E-state index >= 15 is 0 Å². The van der Waals surface area contributed by atoms with Crippen molar-refractivity contribution in [2.24, 2.45) is 0 Å². The fourth-order valence-corrected chi connectivity index (χ4v) is 3.37. The van der Waals surface area contributed by atoms with Crippen molar-refractivity contribution < 1.29 is 13.9 Å². The molecule has 2 N–H and O–H groups in total. The summed E-state index contributed by atoms with van der Waals surface area (Å²) >= 11 is 1.68. The van der Waals surface area contributed by atoms with Gasteiger partial charge >= 0.3 is 0 Å². The summed E-state index contributed by atoms with van der Waals surface area (Å²) in [5.74, 6) is 3.28. The van der Waals surface area contributed by atoms with Crippen molar-refractivity contribution in [1.29, 1.82) is 0 Å². The van der Waals surface area contributed by atoms with E-state index in [4.69, 9.17) is 9.15 Å². The lowest BCUT2D eigenvalue weighted by Crippen LogP contribution is -2.33. The lowest BCUT2D eigenvalue weighted by molar-refractivity contribution is -0.115. The Kier molecular flexibility index (Phi) is 9.55. The first-order chi connectivity index (χ1) is 15.6. The molecule has 0 atom stereocenters. The normalized spacial score (nSPS) is 11.0. The third-order valence-corrected chi connectivity index (χ3v) is 5.28. The second-order valence-electron chi connectivity index (χ2n) is 7.32. The predicted molar refractivity (Wildman–Crippen MR) is 128 cm³/mol. The number of amides is 1. The highest BCUT2D eigenvalue weighted by Gasteiger charge is 2.09. The standard InChI is InChI=1S/C23H29N5O3S/c1-28(2)13-12-24-16-21(29)25-19-10-8-18(9-11-19)23-27-26-22(31-23)17-32-15-14-30-20-6-4-3-5-7-20/h3-11,24H,12-17H2,1-2H3,(H,25,29). The van der Waals surface area contributed by atoms with E-state index in [1.54, 1.807) is 11.8 Å². The van der Waals surface area contributed by atoms with Crippen LogP contribution in [0.2, 0.25) is 0 Å². The second kappa shape index (κ2) is 12.8. The Balaban J connectivity index is 1.38. The van der Waals surface area contributed by atoms with Crippen LogP contribution in [0.15, 0.2) is 59.0 Å². The van der Waals surface area contributed by atoms with Gasteiger partial charge in [0.1, 0.15) is 5.75 Å². The summed E-state index contributed by atoms with van der Waals surface area (Å²) < 4.78 is 11.4. The van der Waals surface area contributed by atoms with Crippen LogP contribution in [-0.4, -0.2) is 67.1 Å². The summed E-state index contributed by atoms with van der Waals surface area (Å²) in [5.41, 5.74) is 1.53. The predicted octanol–water partition coefficient (Wildman–Crippen LogP) is 3.14. The molecule has 32 heavy (non-hydrogen) atoms. The van der Waals surface area contributed by atoms with Crippen LogP contribution in [-0.2, 0) is 10.5 Å². The minimum absolute atomic E-state index is 0.0788. The van der Waals surface area contributed by atoms with Gasteiger partial charge in [-0.2, -0.15) is 0 Å². The Morgan fingerprint density at radius 2 is 1.88 bits per heavy atom. The van der Waals surface area contributed by atoms with Gasteiger partial charge in [-0.1, -0.05) is 18.2 Å². The maximum absolute atomic E-state index is 12.0. The highest BCUT2D eigenvalue weighted by Crippen LogP contribution is 2.22. The number of thioether (sulfide) groups is 1. The van der Waals surface area contributed by atoms with Crippen molar-refractivity contribution in [2.75, 3.05) is 51.4 Å². The number of para-hydroxylation sites is 1. The zero-order valence-corrected chi connectivity index (χ0v) is 19.2. The number of nitrogens with one attached hydrogen (secondary N) is 2. The number of rotatable bonds is 13. The maximum atomic E-state index is 12.0. The fourth-order valence-electron chi connectivity index (χ4n) is 2.73. The topological polar surface area (TPSA) is 92.5 Å². The van der Waals surface area contributed by atoms with E-state index in [0.29, 0.717) is 24.1 Å². The molecule has 170 valence electrons. The molecule has 9 heteroatoms. The number of hydrogen-bond acceptors (Lipinski definition) is 8. The lowest BCUT2D eigenvalue weighted by atomic mass is 10.2. The molecule has 0 aliphatic rings. The fraction of sp³-hybridized carbons (Fsp3) is 0.348. The van der Waals surface area contributed by atoms with E-state index in [0.717, 1.165) is 35.8 Å². The average Bonchev–Trinajstić information content (AvgIpc) is 3.26. The largest absolute Gasteiger partial charge is 0.493 e. The molecule has 0 aliphatic heterocycles. The number of carbonyl (C=O) groups is 1. The Labute approximate surface area is 192 Å². The number of likely N-dealkylation sites (N-methyl/N-ethyl adjacent to an activating group) is 1. The molecule has 8 nitrogen and oxygen atoms in total. The maximum Gasteiger partial charge on any atom is 0.247 e. The Hall–Kier alpha value is -2.88. The molecule has 3 rings (SSSR count). The quantitative estimate of drug-likeness (QED) is 0.380. The summed E-state index contributed by atoms with van der Waals surface area (Å²) in [6.45, 7) is 2.54. The third kappa shape index (κ3) is 8.33. The number of nitrogens with zero attached hydrogens (tertiary/aromatic N) is 3. The second-order valence-corrected chi connectivity index (χ2v) is 8.43. The Bertz CT molecular complexity index is 948. The Morgan fingerprint density at radius 1 is 1.09 bits per heavy atom. The molecule has 1 aromatic heterocycles. The zero-order chi connectivity index (χ0) is 22.6. The molecule has 1 heterocycles. The van der Waals surface area contributed by atoms with Crippen molar-refractivity contribution in [1.82, 2.24) is 20.4 Å². The summed E-state index contributed by atoms with van der Waals surface area (Å²) in [6, 6.07) is 17.1. The molecule has 1 amide bonds. The van der Waals surface area contributed by atoms with Gasteiger partial charge in [0.05, 0.1) is 18.9 Å². The molecule has 2 aromatic carbocycles. The number of carbonyl (C=O) groups excluding carboxylic acids is 1. The van der Waals surface area contributed by atoms with E-state index in [1.165, 1.54) is 0 Å². The minimum Gasteiger partial charge on any atom is -0.493 e. The van der Waals surface area contributed by atoms with Crippen LogP contribution in [0.3, 0.4) is 0 Å². The van der Waals surface area contributed by atoms with Crippen molar-refractivity contribution in [3.05, 3.63) is 60.5 Å². The van der Waals surface area contributed by atoms with Gasteiger partial charge < -0.3 is 24.7 Å². The SMILES string of the molecule is CN(C)CCNCC(=O)Nc1ccc(-c2nnc(CSCCOc3ccccc3)o2)cc1. The number of hydrogen-bond donors (Lipinski definition) is 2. The smallest absolute Gasteiger partial charge is 0.247 e. The van der Waals surface area contributed by atoms with Crippen LogP contribution >= 0.6 is 11.8 Å². The first-order valence-electron chi connectivity index (χ1n) is 10.4. The highest BCUT2D eigenvalue weighted by atomic mass is 32.2. The highest BCUT2D eigenvalue weighted by molar-refractivity contribution is 7.98. The molecule has 0 fully saturated rings. The number of anilines is 1. The molecule has 0 aliphatic carbocycles. The summed E-state index contributed by atoms with van der Waals surface area (Å²) in [6.07, 6.45) is 0. The van der Waals surface area contributed by atoms with E-state index in [9.17, 15) is 4.79 Å². The van der Waals surface area contributed by atoms with Gasteiger partial charge in [-0.05, 0) is 50.5 Å². The van der Waals surface area contributed by atoms with Crippen LogP contribution < -0.4 is 15.4 Å². The molecule has 0 bridgehead atoms. The van der Waals surface area contributed by atoms with Crippen molar-refractivity contribution in [3.8, 4) is 17.2 Å². The molecule has 0 saturated heterocycles. The van der Waals surface area contributed by atoms with Crippen molar-refractivity contribution >= 4 is 23.4 Å². The van der Waals surface area contributed by atoms with Crippen molar-refractivity contribution in [3.63, 3.8) is 0 Å². The molecule has 0 unspecified atom stereocenters. The number of aromatic nitrogens is 2. The van der Waals surface area contributed by atoms with Gasteiger partial charge in [0.2, 0.25) is 17.7 Å². The van der Waals surface area contributed by atoms with Gasteiger partial charge in [-0.25, -0.2) is 0 Å². The third-order valence-electron chi connectivity index (χ3n) is 4.37. The van der Waals surface area contributed by atoms with E-state index in [1.807, 2.05) is 68.7 Å². The molecular formula is C23H29N5O3S. The summed E-state index contributed by atoms with van der Waals surface area (Å²) in [5, 5.41) is 14.2. The average molecular weight is 456 g/mol. The van der Waals surface area contributed by atoms with E-state index in [-0.39, 0.29) is 12.5 Å². The van der Waals surface area contributed by atoms with E-state index in [2.05, 4.69) is 25.7 Å². The molecule has 0 spiro atoms.